The Morgan fingerprint density at radius 1 is 1.41 bits per heavy atom. The molecule has 1 aromatic heterocycles. The average molecular weight is 253 g/mol. The van der Waals surface area contributed by atoms with Gasteiger partial charge in [0, 0.05) is 13.0 Å². The molecule has 2 heterocycles. The van der Waals surface area contributed by atoms with Gasteiger partial charge in [-0.25, -0.2) is 4.98 Å². The van der Waals surface area contributed by atoms with Crippen molar-refractivity contribution in [1.29, 1.82) is 0 Å². The molecule has 1 aliphatic heterocycles. The highest BCUT2D eigenvalue weighted by Gasteiger charge is 2.16. The maximum atomic E-state index is 12.0. The Kier molecular flexibility index (Phi) is 4.12. The summed E-state index contributed by atoms with van der Waals surface area (Å²) in [4.78, 5) is 19.2. The van der Waals surface area contributed by atoms with E-state index in [9.17, 15) is 4.79 Å². The van der Waals surface area contributed by atoms with E-state index in [2.05, 4.69) is 9.88 Å². The van der Waals surface area contributed by atoms with Crippen LogP contribution in [0.4, 0.5) is 5.13 Å². The second-order valence-electron chi connectivity index (χ2n) is 4.54. The van der Waals surface area contributed by atoms with Crippen LogP contribution in [-0.4, -0.2) is 35.3 Å². The number of aryl methyl sites for hydroxylation is 1. The lowest BCUT2D eigenvalue weighted by molar-refractivity contribution is 0.0962. The Labute approximate surface area is 106 Å². The number of nitrogen functional groups attached to an aromatic ring is 1. The molecular weight excluding hydrogens is 234 g/mol. The Morgan fingerprint density at radius 3 is 2.71 bits per heavy atom. The summed E-state index contributed by atoms with van der Waals surface area (Å²) >= 11 is 1.31. The van der Waals surface area contributed by atoms with Gasteiger partial charge in [0.1, 0.15) is 0 Å². The standard InChI is InChI=1S/C12H19N3OS/c1-9-11(17-12(13)14-9)10(16)5-8-15-6-3-2-4-7-15/h2-8H2,1H3,(H2,13,14). The first-order valence-corrected chi connectivity index (χ1v) is 6.97. The van der Waals surface area contributed by atoms with Crippen LogP contribution in [0.25, 0.3) is 0 Å². The fourth-order valence-corrected chi connectivity index (χ4v) is 3.03. The van der Waals surface area contributed by atoms with Crippen molar-refractivity contribution >= 4 is 22.3 Å². The molecule has 94 valence electrons. The fraction of sp³-hybridized carbons (Fsp3) is 0.667. The molecule has 0 radical (unpaired) electrons. The number of hydrogen-bond acceptors (Lipinski definition) is 5. The van der Waals surface area contributed by atoms with Gasteiger partial charge in [0.05, 0.1) is 10.6 Å². The molecule has 17 heavy (non-hydrogen) atoms. The normalized spacial score (nSPS) is 17.2. The van der Waals surface area contributed by atoms with Gasteiger partial charge in [-0.05, 0) is 32.9 Å². The van der Waals surface area contributed by atoms with Crippen molar-refractivity contribution in [2.75, 3.05) is 25.4 Å². The van der Waals surface area contributed by atoms with Crippen molar-refractivity contribution in [3.8, 4) is 0 Å². The van der Waals surface area contributed by atoms with Gasteiger partial charge in [0.15, 0.2) is 10.9 Å². The van der Waals surface area contributed by atoms with Gasteiger partial charge in [0.2, 0.25) is 0 Å². The van der Waals surface area contributed by atoms with Crippen molar-refractivity contribution in [3.05, 3.63) is 10.6 Å². The zero-order valence-corrected chi connectivity index (χ0v) is 11.1. The van der Waals surface area contributed by atoms with Crippen LogP contribution in [0.1, 0.15) is 41.0 Å². The smallest absolute Gasteiger partial charge is 0.180 e. The molecule has 0 saturated carbocycles. The molecular formula is C12H19N3OS. The summed E-state index contributed by atoms with van der Waals surface area (Å²) in [6.07, 6.45) is 4.44. The summed E-state index contributed by atoms with van der Waals surface area (Å²) in [7, 11) is 0. The Bertz CT molecular complexity index is 396. The number of ketones is 1. The highest BCUT2D eigenvalue weighted by molar-refractivity contribution is 7.17. The van der Waals surface area contributed by atoms with Gasteiger partial charge in [0.25, 0.3) is 0 Å². The van der Waals surface area contributed by atoms with Crippen LogP contribution in [0.3, 0.4) is 0 Å². The molecule has 0 aromatic carbocycles. The molecule has 1 aliphatic rings. The highest BCUT2D eigenvalue weighted by atomic mass is 32.1. The van der Waals surface area contributed by atoms with Crippen LogP contribution in [0.15, 0.2) is 0 Å². The van der Waals surface area contributed by atoms with Crippen LogP contribution >= 0.6 is 11.3 Å². The summed E-state index contributed by atoms with van der Waals surface area (Å²) in [5, 5.41) is 0.490. The number of hydrogen-bond donors (Lipinski definition) is 1. The molecule has 2 N–H and O–H groups in total. The molecule has 0 spiro atoms. The maximum Gasteiger partial charge on any atom is 0.180 e. The van der Waals surface area contributed by atoms with Gasteiger partial charge in [-0.15, -0.1) is 0 Å². The maximum absolute atomic E-state index is 12.0. The zero-order chi connectivity index (χ0) is 12.3. The van der Waals surface area contributed by atoms with Crippen LogP contribution in [0, 0.1) is 6.92 Å². The minimum absolute atomic E-state index is 0.183. The van der Waals surface area contributed by atoms with E-state index in [1.165, 1.54) is 30.6 Å². The topological polar surface area (TPSA) is 59.2 Å². The molecule has 1 fully saturated rings. The van der Waals surface area contributed by atoms with E-state index in [1.807, 2.05) is 6.92 Å². The number of anilines is 1. The minimum Gasteiger partial charge on any atom is -0.375 e. The first-order valence-electron chi connectivity index (χ1n) is 6.15. The lowest BCUT2D eigenvalue weighted by Crippen LogP contribution is -2.31. The molecule has 1 saturated heterocycles. The van der Waals surface area contributed by atoms with Gasteiger partial charge in [-0.2, -0.15) is 0 Å². The Morgan fingerprint density at radius 2 is 2.12 bits per heavy atom. The number of piperidine rings is 1. The van der Waals surface area contributed by atoms with E-state index in [4.69, 9.17) is 5.73 Å². The number of nitrogens with two attached hydrogens (primary N) is 1. The number of Topliss-reactive ketones (excluding diaryl/α,β-unsaturated/α-hetero) is 1. The number of carbonyl (C=O) groups is 1. The van der Waals surface area contributed by atoms with Crippen LogP contribution in [0.2, 0.25) is 0 Å². The summed E-state index contributed by atoms with van der Waals surface area (Å²) in [5.74, 6) is 0.183. The average Bonchev–Trinajstić information content (AvgIpc) is 2.67. The molecule has 0 amide bonds. The van der Waals surface area contributed by atoms with Crippen LogP contribution in [0.5, 0.6) is 0 Å². The van der Waals surface area contributed by atoms with Gasteiger partial charge >= 0.3 is 0 Å². The number of aromatic nitrogens is 1. The first kappa shape index (κ1) is 12.5. The van der Waals surface area contributed by atoms with Crippen molar-refractivity contribution in [2.24, 2.45) is 0 Å². The van der Waals surface area contributed by atoms with E-state index in [1.54, 1.807) is 0 Å². The number of nitrogens with zero attached hydrogens (tertiary/aromatic N) is 2. The summed E-state index contributed by atoms with van der Waals surface area (Å²) < 4.78 is 0. The van der Waals surface area contributed by atoms with E-state index < -0.39 is 0 Å². The number of likely N-dealkylation sites (tertiary alicyclic amines) is 1. The molecule has 4 nitrogen and oxygen atoms in total. The van der Waals surface area contributed by atoms with Gasteiger partial charge in [-0.1, -0.05) is 17.8 Å². The van der Waals surface area contributed by atoms with Crippen molar-refractivity contribution in [3.63, 3.8) is 0 Å². The monoisotopic (exact) mass is 253 g/mol. The SMILES string of the molecule is Cc1nc(N)sc1C(=O)CCN1CCCCC1. The summed E-state index contributed by atoms with van der Waals surface area (Å²) in [6, 6.07) is 0. The largest absolute Gasteiger partial charge is 0.375 e. The summed E-state index contributed by atoms with van der Waals surface area (Å²) in [5.41, 5.74) is 6.38. The number of carbonyl (C=O) groups excluding carboxylic acids is 1. The lowest BCUT2D eigenvalue weighted by atomic mass is 10.1. The third kappa shape index (κ3) is 3.26. The van der Waals surface area contributed by atoms with Crippen molar-refractivity contribution in [1.82, 2.24) is 9.88 Å². The van der Waals surface area contributed by atoms with Gasteiger partial charge in [-0.3, -0.25) is 4.79 Å². The van der Waals surface area contributed by atoms with E-state index >= 15 is 0 Å². The Hall–Kier alpha value is -0.940. The molecule has 0 bridgehead atoms. The molecule has 0 atom stereocenters. The van der Waals surface area contributed by atoms with Gasteiger partial charge < -0.3 is 10.6 Å². The van der Waals surface area contributed by atoms with E-state index in [-0.39, 0.29) is 5.78 Å². The molecule has 0 unspecified atom stereocenters. The highest BCUT2D eigenvalue weighted by Crippen LogP contribution is 2.21. The van der Waals surface area contributed by atoms with Crippen LogP contribution in [-0.2, 0) is 0 Å². The van der Waals surface area contributed by atoms with Crippen molar-refractivity contribution in [2.45, 2.75) is 32.6 Å². The van der Waals surface area contributed by atoms with E-state index in [0.29, 0.717) is 11.6 Å². The molecule has 2 rings (SSSR count). The molecule has 1 aromatic rings. The zero-order valence-electron chi connectivity index (χ0n) is 10.2. The predicted molar refractivity (Wildman–Crippen MR) is 70.5 cm³/mol. The van der Waals surface area contributed by atoms with Crippen LogP contribution < -0.4 is 5.73 Å². The fourth-order valence-electron chi connectivity index (χ4n) is 2.23. The first-order chi connectivity index (χ1) is 8.16. The second kappa shape index (κ2) is 5.60. The number of thiazole rings is 1. The van der Waals surface area contributed by atoms with Crippen molar-refractivity contribution < 1.29 is 4.79 Å². The quantitative estimate of drug-likeness (QED) is 0.835. The number of rotatable bonds is 4. The lowest BCUT2D eigenvalue weighted by Gasteiger charge is -2.25. The Balaban J connectivity index is 1.86. The third-order valence-electron chi connectivity index (χ3n) is 3.17. The molecule has 0 aliphatic carbocycles. The minimum atomic E-state index is 0.183. The molecule has 5 heteroatoms. The van der Waals surface area contributed by atoms with E-state index in [0.717, 1.165) is 30.2 Å². The second-order valence-corrected chi connectivity index (χ2v) is 5.57. The predicted octanol–water partition coefficient (Wildman–Crippen LogP) is 2.09. The third-order valence-corrected chi connectivity index (χ3v) is 4.20. The summed E-state index contributed by atoms with van der Waals surface area (Å²) in [6.45, 7) is 4.99.